The van der Waals surface area contributed by atoms with Crippen molar-refractivity contribution in [2.24, 2.45) is 0 Å². The molecule has 0 saturated carbocycles. The molecule has 0 spiro atoms. The van der Waals surface area contributed by atoms with Crippen molar-refractivity contribution in [3.63, 3.8) is 0 Å². The molecule has 0 bridgehead atoms. The third-order valence-corrected chi connectivity index (χ3v) is 6.76. The van der Waals surface area contributed by atoms with Gasteiger partial charge in [0.2, 0.25) is 5.91 Å². The summed E-state index contributed by atoms with van der Waals surface area (Å²) in [7, 11) is 0. The Bertz CT molecular complexity index is 1540. The molecule has 1 amide bonds. The van der Waals surface area contributed by atoms with Crippen molar-refractivity contribution in [2.45, 2.75) is 13.5 Å². The number of aromatic nitrogens is 3. The van der Waals surface area contributed by atoms with Crippen molar-refractivity contribution in [1.82, 2.24) is 19.9 Å². The number of nitrogens with zero attached hydrogens (tertiary/aromatic N) is 4. The molecule has 1 fully saturated rings. The second-order valence-electron chi connectivity index (χ2n) is 9.41. The fourth-order valence-corrected chi connectivity index (χ4v) is 4.59. The Morgan fingerprint density at radius 3 is 2.76 bits per heavy atom. The molecule has 11 heteroatoms. The summed E-state index contributed by atoms with van der Waals surface area (Å²) < 4.78 is 17.4. The lowest BCUT2D eigenvalue weighted by atomic mass is 10.1. The largest absolute Gasteiger partial charge is 0.490 e. The fourth-order valence-electron chi connectivity index (χ4n) is 4.36. The molecule has 2 N–H and O–H groups in total. The van der Waals surface area contributed by atoms with Gasteiger partial charge in [0.05, 0.1) is 35.1 Å². The Balaban J connectivity index is 1.33. The zero-order valence-electron chi connectivity index (χ0n) is 22.7. The lowest BCUT2D eigenvalue weighted by Crippen LogP contribution is -2.38. The molecular weight excluding hydrogens is 544 g/mol. The molecule has 0 aliphatic carbocycles. The number of aryl methyl sites for hydroxylation is 1. The number of anilines is 3. The monoisotopic (exact) mass is 574 g/mol. The van der Waals surface area contributed by atoms with E-state index in [-0.39, 0.29) is 5.91 Å². The molecule has 1 aliphatic heterocycles. The summed E-state index contributed by atoms with van der Waals surface area (Å²) in [6.07, 6.45) is 2.68. The average Bonchev–Trinajstić information content (AvgIpc) is 2.98. The number of morpholine rings is 1. The number of amides is 1. The summed E-state index contributed by atoms with van der Waals surface area (Å²) in [5, 5.41) is 7.27. The molecule has 10 nitrogen and oxygen atoms in total. The number of rotatable bonds is 11. The standard InChI is InChI=1S/C30H31ClN6O4/c1-3-29(38)36-26-16-23-25(17-28(26)40-14-11-37-9-12-39-13-10-37)32-19-33-30(23)35-21-7-8-27(24(31)15-21)41-18-22-6-4-5-20(2)34-22/h3-8,15-17,19H,1,9-14,18H2,2H3,(H,36,38)(H,32,33,35). The summed E-state index contributed by atoms with van der Waals surface area (Å²) in [5.41, 5.74) is 3.59. The Hall–Kier alpha value is -4.25. The van der Waals surface area contributed by atoms with Crippen LogP contribution in [0.15, 0.2) is 67.5 Å². The third kappa shape index (κ3) is 7.49. The molecule has 4 aromatic rings. The molecule has 1 aliphatic rings. The predicted molar refractivity (Wildman–Crippen MR) is 159 cm³/mol. The van der Waals surface area contributed by atoms with Crippen LogP contribution >= 0.6 is 11.6 Å². The van der Waals surface area contributed by atoms with Crippen LogP contribution in [-0.2, 0) is 16.1 Å². The second-order valence-corrected chi connectivity index (χ2v) is 9.82. The van der Waals surface area contributed by atoms with Crippen molar-refractivity contribution >= 4 is 45.6 Å². The van der Waals surface area contributed by atoms with Crippen molar-refractivity contribution < 1.29 is 19.0 Å². The van der Waals surface area contributed by atoms with E-state index in [2.05, 4.69) is 37.1 Å². The SMILES string of the molecule is C=CC(=O)Nc1cc2c(Nc3ccc(OCc4cccc(C)n4)c(Cl)c3)ncnc2cc1OCCN1CCOCC1. The highest BCUT2D eigenvalue weighted by Crippen LogP contribution is 2.35. The van der Waals surface area contributed by atoms with Crippen LogP contribution in [0.5, 0.6) is 11.5 Å². The van der Waals surface area contributed by atoms with Crippen LogP contribution in [0.3, 0.4) is 0 Å². The van der Waals surface area contributed by atoms with Gasteiger partial charge in [-0.25, -0.2) is 9.97 Å². The highest BCUT2D eigenvalue weighted by Gasteiger charge is 2.15. The first-order valence-corrected chi connectivity index (χ1v) is 13.6. The van der Waals surface area contributed by atoms with Gasteiger partial charge in [-0.1, -0.05) is 24.2 Å². The minimum Gasteiger partial charge on any atom is -0.490 e. The Labute approximate surface area is 243 Å². The molecule has 2 aromatic carbocycles. The molecule has 0 radical (unpaired) electrons. The summed E-state index contributed by atoms with van der Waals surface area (Å²) in [6, 6.07) is 14.8. The first kappa shape index (κ1) is 28.3. The van der Waals surface area contributed by atoms with E-state index in [0.717, 1.165) is 44.2 Å². The topological polar surface area (TPSA) is 111 Å². The molecule has 0 atom stereocenters. The Morgan fingerprint density at radius 1 is 1.12 bits per heavy atom. The van der Waals surface area contributed by atoms with Gasteiger partial charge in [0, 0.05) is 42.5 Å². The van der Waals surface area contributed by atoms with Gasteiger partial charge in [-0.2, -0.15) is 0 Å². The van der Waals surface area contributed by atoms with Crippen LogP contribution in [0.25, 0.3) is 10.9 Å². The zero-order chi connectivity index (χ0) is 28.6. The van der Waals surface area contributed by atoms with Crippen LogP contribution < -0.4 is 20.1 Å². The third-order valence-electron chi connectivity index (χ3n) is 6.46. The van der Waals surface area contributed by atoms with E-state index in [1.165, 1.54) is 12.4 Å². The lowest BCUT2D eigenvalue weighted by Gasteiger charge is -2.26. The fraction of sp³-hybridized carbons (Fsp3) is 0.267. The van der Waals surface area contributed by atoms with Crippen molar-refractivity contribution in [1.29, 1.82) is 0 Å². The van der Waals surface area contributed by atoms with Crippen LogP contribution in [0.1, 0.15) is 11.4 Å². The van der Waals surface area contributed by atoms with Crippen molar-refractivity contribution in [3.8, 4) is 11.5 Å². The number of carbonyl (C=O) groups excluding carboxylic acids is 1. The smallest absolute Gasteiger partial charge is 0.247 e. The molecule has 212 valence electrons. The van der Waals surface area contributed by atoms with Gasteiger partial charge in [0.1, 0.15) is 36.9 Å². The summed E-state index contributed by atoms with van der Waals surface area (Å²) >= 11 is 6.53. The van der Waals surface area contributed by atoms with E-state index < -0.39 is 0 Å². The summed E-state index contributed by atoms with van der Waals surface area (Å²) in [4.78, 5) is 27.8. The summed E-state index contributed by atoms with van der Waals surface area (Å²) in [6.45, 7) is 10.2. The van der Waals surface area contributed by atoms with E-state index in [1.54, 1.807) is 24.3 Å². The molecule has 2 aromatic heterocycles. The van der Waals surface area contributed by atoms with Gasteiger partial charge in [0.25, 0.3) is 0 Å². The molecule has 5 rings (SSSR count). The quantitative estimate of drug-likeness (QED) is 0.235. The number of fused-ring (bicyclic) bond motifs is 1. The minimum atomic E-state index is -0.350. The van der Waals surface area contributed by atoms with Gasteiger partial charge in [0.15, 0.2) is 0 Å². The van der Waals surface area contributed by atoms with Gasteiger partial charge in [-0.15, -0.1) is 0 Å². The van der Waals surface area contributed by atoms with Crippen molar-refractivity contribution in [3.05, 3.63) is 83.9 Å². The summed E-state index contributed by atoms with van der Waals surface area (Å²) in [5.74, 6) is 1.24. The molecule has 41 heavy (non-hydrogen) atoms. The van der Waals surface area contributed by atoms with Gasteiger partial charge < -0.3 is 24.8 Å². The van der Waals surface area contributed by atoms with E-state index in [0.29, 0.717) is 57.8 Å². The maximum atomic E-state index is 12.2. The first-order chi connectivity index (χ1) is 20.0. The van der Waals surface area contributed by atoms with Crippen molar-refractivity contribution in [2.75, 3.05) is 50.1 Å². The number of hydrogen-bond acceptors (Lipinski definition) is 9. The van der Waals surface area contributed by atoms with E-state index in [1.807, 2.05) is 31.2 Å². The number of carbonyl (C=O) groups is 1. The minimum absolute atomic E-state index is 0.306. The van der Waals surface area contributed by atoms with Crippen LogP contribution in [0.4, 0.5) is 17.2 Å². The maximum Gasteiger partial charge on any atom is 0.247 e. The zero-order valence-corrected chi connectivity index (χ0v) is 23.5. The normalized spacial score (nSPS) is 13.5. The molecule has 0 unspecified atom stereocenters. The number of halogens is 1. The average molecular weight is 575 g/mol. The molecular formula is C30H31ClN6O4. The molecule has 1 saturated heterocycles. The van der Waals surface area contributed by atoms with Crippen LogP contribution in [0, 0.1) is 6.92 Å². The highest BCUT2D eigenvalue weighted by atomic mass is 35.5. The predicted octanol–water partition coefficient (Wildman–Crippen LogP) is 5.14. The number of nitrogens with one attached hydrogen (secondary N) is 2. The van der Waals surface area contributed by atoms with Gasteiger partial charge in [-0.05, 0) is 49.4 Å². The van der Waals surface area contributed by atoms with Gasteiger partial charge >= 0.3 is 0 Å². The van der Waals surface area contributed by atoms with E-state index in [4.69, 9.17) is 25.8 Å². The number of hydrogen-bond donors (Lipinski definition) is 2. The van der Waals surface area contributed by atoms with Gasteiger partial charge in [-0.3, -0.25) is 14.7 Å². The first-order valence-electron chi connectivity index (χ1n) is 13.3. The highest BCUT2D eigenvalue weighted by molar-refractivity contribution is 6.32. The van der Waals surface area contributed by atoms with E-state index >= 15 is 0 Å². The van der Waals surface area contributed by atoms with E-state index in [9.17, 15) is 4.79 Å². The second kappa shape index (κ2) is 13.4. The Kier molecular flexibility index (Phi) is 9.25. The van der Waals surface area contributed by atoms with Crippen LogP contribution in [-0.4, -0.2) is 65.2 Å². The number of pyridine rings is 1. The lowest BCUT2D eigenvalue weighted by molar-refractivity contribution is -0.111. The molecule has 3 heterocycles. The van der Waals surface area contributed by atoms with Crippen LogP contribution in [0.2, 0.25) is 5.02 Å². The Morgan fingerprint density at radius 2 is 1.98 bits per heavy atom. The number of benzene rings is 2. The number of ether oxygens (including phenoxy) is 3. The maximum absolute atomic E-state index is 12.2.